The molecule has 0 aliphatic carbocycles. The summed E-state index contributed by atoms with van der Waals surface area (Å²) < 4.78 is 6.73. The Hall–Kier alpha value is -2.03. The van der Waals surface area contributed by atoms with E-state index in [1.807, 2.05) is 43.7 Å². The standard InChI is InChI=1S/C22H33Cl2N5O3/c1-14(2)11-18(22(31)32-4)27-21(30)16(25)13-20-26-17-12-15(5-6-19(17)28(20)3)29(9-7-23)10-8-24/h5-6,12,14,16,18H,7-11,13,25H2,1-4H3,(H,27,30). The van der Waals surface area contributed by atoms with Gasteiger partial charge < -0.3 is 25.3 Å². The number of carbonyl (C=O) groups is 2. The van der Waals surface area contributed by atoms with E-state index in [9.17, 15) is 9.59 Å². The molecule has 2 aromatic rings. The van der Waals surface area contributed by atoms with Crippen LogP contribution in [0.4, 0.5) is 5.69 Å². The van der Waals surface area contributed by atoms with E-state index in [0.717, 1.165) is 16.7 Å². The van der Waals surface area contributed by atoms with Crippen molar-refractivity contribution in [2.24, 2.45) is 18.7 Å². The summed E-state index contributed by atoms with van der Waals surface area (Å²) in [5.41, 5.74) is 8.88. The first-order chi connectivity index (χ1) is 15.2. The first-order valence-electron chi connectivity index (χ1n) is 10.7. The molecule has 0 radical (unpaired) electrons. The fourth-order valence-corrected chi connectivity index (χ4v) is 4.00. The lowest BCUT2D eigenvalue weighted by molar-refractivity contribution is -0.145. The van der Waals surface area contributed by atoms with Gasteiger partial charge in [0.2, 0.25) is 5.91 Å². The van der Waals surface area contributed by atoms with Gasteiger partial charge in [0.25, 0.3) is 0 Å². The summed E-state index contributed by atoms with van der Waals surface area (Å²) in [7, 11) is 3.19. The lowest BCUT2D eigenvalue weighted by Crippen LogP contribution is -2.50. The average Bonchev–Trinajstić information content (AvgIpc) is 3.06. The number of hydrogen-bond acceptors (Lipinski definition) is 6. The Morgan fingerprint density at radius 2 is 1.91 bits per heavy atom. The number of hydrogen-bond donors (Lipinski definition) is 2. The highest BCUT2D eigenvalue weighted by atomic mass is 35.5. The van der Waals surface area contributed by atoms with Crippen molar-refractivity contribution >= 4 is 51.8 Å². The smallest absolute Gasteiger partial charge is 0.328 e. The van der Waals surface area contributed by atoms with Gasteiger partial charge in [-0.2, -0.15) is 0 Å². The monoisotopic (exact) mass is 485 g/mol. The van der Waals surface area contributed by atoms with Gasteiger partial charge >= 0.3 is 5.97 Å². The van der Waals surface area contributed by atoms with Crippen molar-refractivity contribution < 1.29 is 14.3 Å². The van der Waals surface area contributed by atoms with Gasteiger partial charge in [-0.05, 0) is 30.5 Å². The Balaban J connectivity index is 2.17. The Labute approximate surface area is 199 Å². The number of alkyl halides is 2. The van der Waals surface area contributed by atoms with Crippen LogP contribution in [0.5, 0.6) is 0 Å². The van der Waals surface area contributed by atoms with Gasteiger partial charge in [0, 0.05) is 44.0 Å². The second-order valence-electron chi connectivity index (χ2n) is 8.15. The SMILES string of the molecule is COC(=O)C(CC(C)C)NC(=O)C(N)Cc1nc2cc(N(CCCl)CCCl)ccc2n1C. The van der Waals surface area contributed by atoms with Gasteiger partial charge in [-0.25, -0.2) is 9.78 Å². The molecule has 1 aromatic carbocycles. The molecule has 2 unspecified atom stereocenters. The maximum absolute atomic E-state index is 12.7. The maximum atomic E-state index is 12.7. The van der Waals surface area contributed by atoms with E-state index in [4.69, 9.17) is 38.7 Å². The zero-order valence-corrected chi connectivity index (χ0v) is 20.6. The molecular formula is C22H33Cl2N5O3. The van der Waals surface area contributed by atoms with Crippen LogP contribution in [0.2, 0.25) is 0 Å². The van der Waals surface area contributed by atoms with Crippen molar-refractivity contribution in [3.05, 3.63) is 24.0 Å². The predicted molar refractivity (Wildman–Crippen MR) is 129 cm³/mol. The normalized spacial score (nSPS) is 13.2. The fraction of sp³-hybridized carbons (Fsp3) is 0.591. The molecule has 0 aliphatic heterocycles. The molecule has 178 valence electrons. The van der Waals surface area contributed by atoms with Crippen LogP contribution in [0.25, 0.3) is 11.0 Å². The summed E-state index contributed by atoms with van der Waals surface area (Å²) in [5.74, 6) is 0.990. The minimum atomic E-state index is -0.853. The van der Waals surface area contributed by atoms with Gasteiger partial charge in [0.15, 0.2) is 0 Å². The molecule has 2 rings (SSSR count). The molecule has 0 saturated heterocycles. The number of aromatic nitrogens is 2. The number of ether oxygens (including phenoxy) is 1. The quantitative estimate of drug-likeness (QED) is 0.353. The highest BCUT2D eigenvalue weighted by Crippen LogP contribution is 2.23. The summed E-state index contributed by atoms with van der Waals surface area (Å²) in [6.07, 6.45) is 0.705. The van der Waals surface area contributed by atoms with Crippen molar-refractivity contribution in [1.82, 2.24) is 14.9 Å². The molecule has 0 spiro atoms. The zero-order chi connectivity index (χ0) is 23.8. The van der Waals surface area contributed by atoms with Crippen LogP contribution < -0.4 is 16.0 Å². The van der Waals surface area contributed by atoms with Crippen molar-refractivity contribution in [1.29, 1.82) is 0 Å². The molecule has 1 aromatic heterocycles. The van der Waals surface area contributed by atoms with E-state index in [0.29, 0.717) is 37.1 Å². The molecular weight excluding hydrogens is 453 g/mol. The summed E-state index contributed by atoms with van der Waals surface area (Å²) in [4.78, 5) is 31.5. The van der Waals surface area contributed by atoms with Crippen molar-refractivity contribution in [2.45, 2.75) is 38.8 Å². The van der Waals surface area contributed by atoms with Crippen LogP contribution in [0, 0.1) is 5.92 Å². The summed E-state index contributed by atoms with van der Waals surface area (Å²) in [6.45, 7) is 5.30. The first-order valence-corrected chi connectivity index (χ1v) is 11.7. The summed E-state index contributed by atoms with van der Waals surface area (Å²) >= 11 is 11.8. The van der Waals surface area contributed by atoms with Crippen LogP contribution in [-0.2, 0) is 27.8 Å². The molecule has 0 saturated carbocycles. The van der Waals surface area contributed by atoms with E-state index < -0.39 is 24.0 Å². The lowest BCUT2D eigenvalue weighted by Gasteiger charge is -2.22. The second kappa shape index (κ2) is 12.3. The largest absolute Gasteiger partial charge is 0.467 e. The Morgan fingerprint density at radius 3 is 2.47 bits per heavy atom. The minimum Gasteiger partial charge on any atom is -0.467 e. The molecule has 10 heteroatoms. The van der Waals surface area contributed by atoms with Gasteiger partial charge in [-0.15, -0.1) is 23.2 Å². The van der Waals surface area contributed by atoms with E-state index in [2.05, 4.69) is 10.2 Å². The molecule has 2 atom stereocenters. The van der Waals surface area contributed by atoms with E-state index in [-0.39, 0.29) is 12.3 Å². The Bertz CT molecular complexity index is 912. The van der Waals surface area contributed by atoms with Gasteiger partial charge in [-0.3, -0.25) is 4.79 Å². The average molecular weight is 486 g/mol. The number of nitrogens with one attached hydrogen (secondary N) is 1. The lowest BCUT2D eigenvalue weighted by atomic mass is 10.0. The van der Waals surface area contributed by atoms with Crippen LogP contribution in [0.1, 0.15) is 26.1 Å². The van der Waals surface area contributed by atoms with Crippen LogP contribution in [0.3, 0.4) is 0 Å². The zero-order valence-electron chi connectivity index (χ0n) is 19.1. The number of rotatable bonds is 12. The van der Waals surface area contributed by atoms with Gasteiger partial charge in [-0.1, -0.05) is 13.8 Å². The number of nitrogens with zero attached hydrogens (tertiary/aromatic N) is 3. The van der Waals surface area contributed by atoms with E-state index in [1.165, 1.54) is 7.11 Å². The van der Waals surface area contributed by atoms with Crippen molar-refractivity contribution in [3.8, 4) is 0 Å². The number of carbonyl (C=O) groups excluding carboxylic acids is 2. The Morgan fingerprint density at radius 1 is 1.25 bits per heavy atom. The molecule has 1 heterocycles. The summed E-state index contributed by atoms with van der Waals surface area (Å²) in [5, 5.41) is 2.72. The highest BCUT2D eigenvalue weighted by molar-refractivity contribution is 6.18. The molecule has 8 nitrogen and oxygen atoms in total. The van der Waals surface area contributed by atoms with Crippen LogP contribution in [-0.4, -0.2) is 65.5 Å². The van der Waals surface area contributed by atoms with E-state index in [1.54, 1.807) is 0 Å². The van der Waals surface area contributed by atoms with Crippen molar-refractivity contribution in [3.63, 3.8) is 0 Å². The number of esters is 1. The third-order valence-electron chi connectivity index (χ3n) is 5.28. The number of aryl methyl sites for hydroxylation is 1. The summed E-state index contributed by atoms with van der Waals surface area (Å²) in [6, 6.07) is 4.40. The van der Waals surface area contributed by atoms with Gasteiger partial charge in [0.1, 0.15) is 11.9 Å². The highest BCUT2D eigenvalue weighted by Gasteiger charge is 2.26. The molecule has 0 bridgehead atoms. The second-order valence-corrected chi connectivity index (χ2v) is 8.91. The fourth-order valence-electron chi connectivity index (χ4n) is 3.59. The Kier molecular flexibility index (Phi) is 10.1. The molecule has 0 fully saturated rings. The maximum Gasteiger partial charge on any atom is 0.328 e. The number of amides is 1. The number of nitrogens with two attached hydrogens (primary N) is 1. The number of benzene rings is 1. The molecule has 0 aliphatic rings. The predicted octanol–water partition coefficient (Wildman–Crippen LogP) is 2.43. The molecule has 32 heavy (non-hydrogen) atoms. The first kappa shape index (κ1) is 26.2. The topological polar surface area (TPSA) is 102 Å². The molecule has 1 amide bonds. The minimum absolute atomic E-state index is 0.210. The third kappa shape index (κ3) is 6.73. The number of halogens is 2. The number of fused-ring (bicyclic) bond motifs is 1. The van der Waals surface area contributed by atoms with Crippen LogP contribution in [0.15, 0.2) is 18.2 Å². The van der Waals surface area contributed by atoms with Gasteiger partial charge in [0.05, 0.1) is 24.2 Å². The molecule has 3 N–H and O–H groups in total. The third-order valence-corrected chi connectivity index (χ3v) is 5.62. The number of imidazole rings is 1. The van der Waals surface area contributed by atoms with Crippen molar-refractivity contribution in [2.75, 3.05) is 36.9 Å². The van der Waals surface area contributed by atoms with E-state index >= 15 is 0 Å². The number of methoxy groups -OCH3 is 1. The number of anilines is 1. The van der Waals surface area contributed by atoms with Crippen LogP contribution >= 0.6 is 23.2 Å².